The Morgan fingerprint density at radius 3 is 0.816 bits per heavy atom. The molecule has 0 saturated carbocycles. The van der Waals surface area contributed by atoms with Crippen molar-refractivity contribution in [3.63, 3.8) is 0 Å². The summed E-state index contributed by atoms with van der Waals surface area (Å²) >= 11 is 0. The van der Waals surface area contributed by atoms with Crippen LogP contribution in [0.25, 0.3) is 0 Å². The summed E-state index contributed by atoms with van der Waals surface area (Å²) in [7, 11) is 0. The molecule has 76 heavy (non-hydrogen) atoms. The average Bonchev–Trinajstić information content (AvgIpc) is 3.42. The molecule has 0 aromatic rings. The summed E-state index contributed by atoms with van der Waals surface area (Å²) in [4.78, 5) is 38.3. The Hall–Kier alpha value is -3.41. The van der Waals surface area contributed by atoms with Gasteiger partial charge in [0.15, 0.2) is 6.10 Å². The Bertz CT molecular complexity index is 1450. The van der Waals surface area contributed by atoms with Crippen LogP contribution < -0.4 is 0 Å². The molecule has 0 radical (unpaired) electrons. The van der Waals surface area contributed by atoms with E-state index >= 15 is 0 Å². The second-order valence-corrected chi connectivity index (χ2v) is 21.6. The lowest BCUT2D eigenvalue weighted by molar-refractivity contribution is -0.167. The van der Waals surface area contributed by atoms with E-state index in [2.05, 4.69) is 106 Å². The Kier molecular flexibility index (Phi) is 61.2. The maximum absolute atomic E-state index is 12.9. The fourth-order valence-corrected chi connectivity index (χ4v) is 9.23. The van der Waals surface area contributed by atoms with E-state index in [1.807, 2.05) is 0 Å². The van der Waals surface area contributed by atoms with Gasteiger partial charge in [0, 0.05) is 19.3 Å². The van der Waals surface area contributed by atoms with Gasteiger partial charge in [-0.1, -0.05) is 273 Å². The van der Waals surface area contributed by atoms with Gasteiger partial charge in [0.05, 0.1) is 0 Å². The maximum Gasteiger partial charge on any atom is 0.306 e. The first-order chi connectivity index (χ1) is 37.5. The standard InChI is InChI=1S/C70H122O6/c1-4-7-10-13-16-19-22-25-28-30-31-32-33-34-35-36-37-38-39-40-43-45-48-51-54-57-60-63-69(72)75-66-67(65-74-68(71)62-59-56-53-50-47-44-41-27-24-21-18-15-12-9-6-3)76-70(73)64-61-58-55-52-49-46-42-29-26-23-20-17-14-11-8-5-2/h9,12,18,21-22,25,27,29-31,33-34,41-42,67H,4-8,10-11,13-17,19-20,23-24,26,28,32,35-40,43-66H2,1-3H3/b12-9-,21-18-,25-22-,31-30-,34-33-,41-27-,42-29-. The number of carbonyl (C=O) groups excluding carboxylic acids is 3. The minimum Gasteiger partial charge on any atom is -0.462 e. The van der Waals surface area contributed by atoms with Gasteiger partial charge in [0.1, 0.15) is 13.2 Å². The zero-order chi connectivity index (χ0) is 55.0. The number of carbonyl (C=O) groups is 3. The van der Waals surface area contributed by atoms with Crippen LogP contribution >= 0.6 is 0 Å². The highest BCUT2D eigenvalue weighted by atomic mass is 16.6. The van der Waals surface area contributed by atoms with Gasteiger partial charge in [-0.25, -0.2) is 0 Å². The maximum atomic E-state index is 12.9. The fourth-order valence-electron chi connectivity index (χ4n) is 9.23. The summed E-state index contributed by atoms with van der Waals surface area (Å²) in [5.74, 6) is -0.901. The predicted octanol–water partition coefficient (Wildman–Crippen LogP) is 22.3. The van der Waals surface area contributed by atoms with Crippen LogP contribution in [0.5, 0.6) is 0 Å². The number of unbranched alkanes of at least 4 members (excludes halogenated alkanes) is 34. The number of rotatable bonds is 59. The SMILES string of the molecule is CC/C=C\C/C=C\C/C=C\CCCCCCCC(=O)OCC(COC(=O)CCCCCCCCCCCCCC/C=C\C/C=C\C/C=C\CCCCCCC)OC(=O)CCCCCCC/C=C\CCCCCCCCC. The van der Waals surface area contributed by atoms with Crippen LogP contribution in [0.15, 0.2) is 85.1 Å². The van der Waals surface area contributed by atoms with Gasteiger partial charge in [-0.2, -0.15) is 0 Å². The molecule has 0 aromatic carbocycles. The molecule has 0 heterocycles. The molecule has 1 atom stereocenters. The van der Waals surface area contributed by atoms with Crippen LogP contribution in [0.1, 0.15) is 323 Å². The second kappa shape index (κ2) is 64.1. The Labute approximate surface area is 471 Å². The van der Waals surface area contributed by atoms with Crippen LogP contribution in [0.3, 0.4) is 0 Å². The third-order valence-corrected chi connectivity index (χ3v) is 14.1. The Balaban J connectivity index is 4.31. The van der Waals surface area contributed by atoms with E-state index in [9.17, 15) is 14.4 Å². The number of allylic oxidation sites excluding steroid dienone is 14. The lowest BCUT2D eigenvalue weighted by Crippen LogP contribution is -2.30. The van der Waals surface area contributed by atoms with E-state index in [-0.39, 0.29) is 31.1 Å². The highest BCUT2D eigenvalue weighted by Crippen LogP contribution is 2.16. The summed E-state index contributed by atoms with van der Waals surface area (Å²) < 4.78 is 16.9. The van der Waals surface area contributed by atoms with Crippen molar-refractivity contribution in [3.05, 3.63) is 85.1 Å². The van der Waals surface area contributed by atoms with Gasteiger partial charge in [-0.15, -0.1) is 0 Å². The van der Waals surface area contributed by atoms with E-state index in [0.29, 0.717) is 19.3 Å². The average molecular weight is 1060 g/mol. The van der Waals surface area contributed by atoms with E-state index in [4.69, 9.17) is 14.2 Å². The molecule has 0 amide bonds. The van der Waals surface area contributed by atoms with Crippen LogP contribution in [-0.4, -0.2) is 37.2 Å². The molecule has 0 saturated heterocycles. The van der Waals surface area contributed by atoms with Crippen LogP contribution in [0.4, 0.5) is 0 Å². The molecule has 0 bridgehead atoms. The van der Waals surface area contributed by atoms with Gasteiger partial charge >= 0.3 is 17.9 Å². The minimum absolute atomic E-state index is 0.0853. The number of hydrogen-bond acceptors (Lipinski definition) is 6. The molecule has 6 heteroatoms. The Morgan fingerprint density at radius 2 is 0.513 bits per heavy atom. The molecule has 0 rings (SSSR count). The monoisotopic (exact) mass is 1060 g/mol. The number of hydrogen-bond donors (Lipinski definition) is 0. The topological polar surface area (TPSA) is 78.9 Å². The molecular formula is C70H122O6. The molecule has 0 spiro atoms. The molecular weight excluding hydrogens is 937 g/mol. The Morgan fingerprint density at radius 1 is 0.276 bits per heavy atom. The zero-order valence-corrected chi connectivity index (χ0v) is 50.3. The van der Waals surface area contributed by atoms with Crippen molar-refractivity contribution in [1.29, 1.82) is 0 Å². The molecule has 438 valence electrons. The van der Waals surface area contributed by atoms with Crippen LogP contribution in [0, 0.1) is 0 Å². The van der Waals surface area contributed by atoms with Gasteiger partial charge in [0.2, 0.25) is 0 Å². The van der Waals surface area contributed by atoms with Crippen molar-refractivity contribution in [3.8, 4) is 0 Å². The first kappa shape index (κ1) is 72.6. The van der Waals surface area contributed by atoms with Crippen LogP contribution in [-0.2, 0) is 28.6 Å². The molecule has 0 aliphatic heterocycles. The summed E-state index contributed by atoms with van der Waals surface area (Å²) in [6.45, 7) is 6.52. The number of esters is 3. The van der Waals surface area contributed by atoms with Crippen LogP contribution in [0.2, 0.25) is 0 Å². The summed E-state index contributed by atoms with van der Waals surface area (Å²) in [5, 5.41) is 0. The lowest BCUT2D eigenvalue weighted by Gasteiger charge is -2.18. The summed E-state index contributed by atoms with van der Waals surface area (Å²) in [6.07, 6.45) is 84.5. The summed E-state index contributed by atoms with van der Waals surface area (Å²) in [6, 6.07) is 0. The molecule has 6 nitrogen and oxygen atoms in total. The molecule has 0 N–H and O–H groups in total. The van der Waals surface area contributed by atoms with E-state index < -0.39 is 6.10 Å². The van der Waals surface area contributed by atoms with Crippen molar-refractivity contribution in [2.75, 3.05) is 13.2 Å². The summed E-state index contributed by atoms with van der Waals surface area (Å²) in [5.41, 5.74) is 0. The molecule has 0 fully saturated rings. The van der Waals surface area contributed by atoms with Crippen molar-refractivity contribution < 1.29 is 28.6 Å². The van der Waals surface area contributed by atoms with Crippen molar-refractivity contribution in [2.24, 2.45) is 0 Å². The molecule has 0 aromatic heterocycles. The zero-order valence-electron chi connectivity index (χ0n) is 50.3. The third kappa shape index (κ3) is 61.4. The first-order valence-electron chi connectivity index (χ1n) is 32.6. The van der Waals surface area contributed by atoms with E-state index in [1.165, 1.54) is 161 Å². The van der Waals surface area contributed by atoms with Gasteiger partial charge in [-0.3, -0.25) is 14.4 Å². The normalized spacial score (nSPS) is 12.6. The van der Waals surface area contributed by atoms with Gasteiger partial charge in [0.25, 0.3) is 0 Å². The highest BCUT2D eigenvalue weighted by molar-refractivity contribution is 5.71. The predicted molar refractivity (Wildman–Crippen MR) is 330 cm³/mol. The highest BCUT2D eigenvalue weighted by Gasteiger charge is 2.19. The van der Waals surface area contributed by atoms with Crippen molar-refractivity contribution in [2.45, 2.75) is 329 Å². The molecule has 0 aliphatic carbocycles. The van der Waals surface area contributed by atoms with E-state index in [0.717, 1.165) is 122 Å². The smallest absolute Gasteiger partial charge is 0.306 e. The van der Waals surface area contributed by atoms with Gasteiger partial charge in [-0.05, 0) is 116 Å². The number of ether oxygens (including phenoxy) is 3. The van der Waals surface area contributed by atoms with Crippen molar-refractivity contribution in [1.82, 2.24) is 0 Å². The fraction of sp³-hybridized carbons (Fsp3) is 0.757. The third-order valence-electron chi connectivity index (χ3n) is 14.1. The molecule has 0 aliphatic rings. The quantitative estimate of drug-likeness (QED) is 0.0261. The lowest BCUT2D eigenvalue weighted by atomic mass is 10.0. The first-order valence-corrected chi connectivity index (χ1v) is 32.6. The second-order valence-electron chi connectivity index (χ2n) is 21.6. The minimum atomic E-state index is -0.790. The largest absolute Gasteiger partial charge is 0.462 e. The van der Waals surface area contributed by atoms with Crippen molar-refractivity contribution >= 4 is 17.9 Å². The van der Waals surface area contributed by atoms with Gasteiger partial charge < -0.3 is 14.2 Å². The molecule has 1 unspecified atom stereocenters. The van der Waals surface area contributed by atoms with E-state index in [1.54, 1.807) is 0 Å².